The molecule has 66 valence electrons. The van der Waals surface area contributed by atoms with Crippen molar-refractivity contribution in [1.29, 1.82) is 0 Å². The fourth-order valence-corrected chi connectivity index (χ4v) is 0.587. The van der Waals surface area contributed by atoms with Gasteiger partial charge in [-0.3, -0.25) is 0 Å². The lowest BCUT2D eigenvalue weighted by Crippen LogP contribution is -2.24. The van der Waals surface area contributed by atoms with Crippen LogP contribution in [0.25, 0.3) is 0 Å². The van der Waals surface area contributed by atoms with Crippen molar-refractivity contribution in [2.75, 3.05) is 20.3 Å². The van der Waals surface area contributed by atoms with E-state index >= 15 is 0 Å². The van der Waals surface area contributed by atoms with Gasteiger partial charge in [0.15, 0.2) is 0 Å². The van der Waals surface area contributed by atoms with Crippen LogP contribution < -0.4 is 0 Å². The summed E-state index contributed by atoms with van der Waals surface area (Å²) in [5.41, 5.74) is -0.0683. The fourth-order valence-electron chi connectivity index (χ4n) is 0.587. The van der Waals surface area contributed by atoms with E-state index in [1.54, 1.807) is 13.2 Å². The second kappa shape index (κ2) is 5.33. The van der Waals surface area contributed by atoms with Gasteiger partial charge in [0.1, 0.15) is 0 Å². The lowest BCUT2D eigenvalue weighted by Gasteiger charge is -2.22. The van der Waals surface area contributed by atoms with Gasteiger partial charge in [0.05, 0.1) is 12.2 Å². The van der Waals surface area contributed by atoms with Crippen LogP contribution in [-0.4, -0.2) is 25.9 Å². The first kappa shape index (κ1) is 10.7. The van der Waals surface area contributed by atoms with Crippen LogP contribution in [0.4, 0.5) is 0 Å². The summed E-state index contributed by atoms with van der Waals surface area (Å²) in [7, 11) is 1.72. The summed E-state index contributed by atoms with van der Waals surface area (Å²) >= 11 is 0. The van der Waals surface area contributed by atoms with Gasteiger partial charge >= 0.3 is 0 Å². The van der Waals surface area contributed by atoms with Crippen molar-refractivity contribution in [3.05, 3.63) is 12.7 Å². The SMILES string of the molecule is C=CCOCCC(C)(C)OC. The zero-order valence-corrected chi connectivity index (χ0v) is 7.72. The van der Waals surface area contributed by atoms with Gasteiger partial charge in [-0.25, -0.2) is 0 Å². The Balaban J connectivity index is 3.29. The molecule has 2 heteroatoms. The van der Waals surface area contributed by atoms with Crippen LogP contribution in [0.3, 0.4) is 0 Å². The molecule has 0 amide bonds. The zero-order valence-electron chi connectivity index (χ0n) is 7.72. The Kier molecular flexibility index (Phi) is 5.16. The zero-order chi connectivity index (χ0) is 8.74. The van der Waals surface area contributed by atoms with Crippen LogP contribution in [-0.2, 0) is 9.47 Å². The highest BCUT2D eigenvalue weighted by Gasteiger charge is 2.14. The molecule has 0 aromatic heterocycles. The summed E-state index contributed by atoms with van der Waals surface area (Å²) in [6.07, 6.45) is 2.66. The molecule has 0 spiro atoms. The predicted octanol–water partition coefficient (Wildman–Crippen LogP) is 2.00. The molecule has 0 saturated carbocycles. The van der Waals surface area contributed by atoms with E-state index in [0.29, 0.717) is 6.61 Å². The van der Waals surface area contributed by atoms with Crippen molar-refractivity contribution in [3.63, 3.8) is 0 Å². The molecule has 0 saturated heterocycles. The fraction of sp³-hybridized carbons (Fsp3) is 0.778. The Morgan fingerprint density at radius 1 is 1.45 bits per heavy atom. The van der Waals surface area contributed by atoms with Gasteiger partial charge in [-0.15, -0.1) is 6.58 Å². The maximum atomic E-state index is 5.22. The summed E-state index contributed by atoms with van der Waals surface area (Å²) < 4.78 is 10.4. The van der Waals surface area contributed by atoms with Crippen LogP contribution in [0.15, 0.2) is 12.7 Å². The van der Waals surface area contributed by atoms with Crippen molar-refractivity contribution in [2.45, 2.75) is 25.9 Å². The molecule has 0 aliphatic rings. The van der Waals surface area contributed by atoms with E-state index in [-0.39, 0.29) is 5.60 Å². The topological polar surface area (TPSA) is 18.5 Å². The maximum Gasteiger partial charge on any atom is 0.0644 e. The minimum absolute atomic E-state index is 0.0683. The van der Waals surface area contributed by atoms with Gasteiger partial charge < -0.3 is 9.47 Å². The first-order valence-electron chi connectivity index (χ1n) is 3.86. The highest BCUT2D eigenvalue weighted by Crippen LogP contribution is 2.12. The third-order valence-corrected chi connectivity index (χ3v) is 1.64. The van der Waals surface area contributed by atoms with Gasteiger partial charge in [-0.2, -0.15) is 0 Å². The van der Waals surface area contributed by atoms with Crippen molar-refractivity contribution in [1.82, 2.24) is 0 Å². The van der Waals surface area contributed by atoms with Crippen LogP contribution >= 0.6 is 0 Å². The summed E-state index contributed by atoms with van der Waals surface area (Å²) in [5.74, 6) is 0. The third-order valence-electron chi connectivity index (χ3n) is 1.64. The number of hydrogen-bond acceptors (Lipinski definition) is 2. The molecule has 0 fully saturated rings. The van der Waals surface area contributed by atoms with E-state index in [4.69, 9.17) is 9.47 Å². The second-order valence-electron chi connectivity index (χ2n) is 3.08. The van der Waals surface area contributed by atoms with Crippen LogP contribution in [0.5, 0.6) is 0 Å². The number of hydrogen-bond donors (Lipinski definition) is 0. The molecule has 0 N–H and O–H groups in total. The lowest BCUT2D eigenvalue weighted by molar-refractivity contribution is -0.00651. The molecular weight excluding hydrogens is 140 g/mol. The minimum atomic E-state index is -0.0683. The molecule has 2 nitrogen and oxygen atoms in total. The Hall–Kier alpha value is -0.340. The summed E-state index contributed by atoms with van der Waals surface area (Å²) in [6.45, 7) is 9.00. The van der Waals surface area contributed by atoms with Crippen molar-refractivity contribution >= 4 is 0 Å². The largest absolute Gasteiger partial charge is 0.379 e. The van der Waals surface area contributed by atoms with E-state index in [2.05, 4.69) is 6.58 Å². The highest BCUT2D eigenvalue weighted by atomic mass is 16.5. The molecule has 0 aromatic carbocycles. The smallest absolute Gasteiger partial charge is 0.0644 e. The average molecular weight is 158 g/mol. The van der Waals surface area contributed by atoms with Crippen LogP contribution in [0.2, 0.25) is 0 Å². The summed E-state index contributed by atoms with van der Waals surface area (Å²) in [4.78, 5) is 0. The molecule has 0 atom stereocenters. The number of rotatable bonds is 6. The van der Waals surface area contributed by atoms with Gasteiger partial charge in [0, 0.05) is 13.7 Å². The van der Waals surface area contributed by atoms with Crippen molar-refractivity contribution in [2.24, 2.45) is 0 Å². The molecule has 0 radical (unpaired) electrons. The lowest BCUT2D eigenvalue weighted by atomic mass is 10.1. The standard InChI is InChI=1S/C9H18O2/c1-5-7-11-8-6-9(2,3)10-4/h5H,1,6-8H2,2-4H3. The van der Waals surface area contributed by atoms with E-state index in [0.717, 1.165) is 13.0 Å². The Morgan fingerprint density at radius 3 is 2.55 bits per heavy atom. The summed E-state index contributed by atoms with van der Waals surface area (Å²) in [5, 5.41) is 0. The molecule has 0 heterocycles. The van der Waals surface area contributed by atoms with E-state index in [9.17, 15) is 0 Å². The van der Waals surface area contributed by atoms with Crippen LogP contribution in [0.1, 0.15) is 20.3 Å². The summed E-state index contributed by atoms with van der Waals surface area (Å²) in [6, 6.07) is 0. The molecule has 0 rings (SSSR count). The van der Waals surface area contributed by atoms with Gasteiger partial charge in [-0.1, -0.05) is 6.08 Å². The second-order valence-corrected chi connectivity index (χ2v) is 3.08. The monoisotopic (exact) mass is 158 g/mol. The third kappa shape index (κ3) is 6.07. The number of ether oxygens (including phenoxy) is 2. The molecule has 0 unspecified atom stereocenters. The molecule has 0 bridgehead atoms. The molecule has 0 aliphatic carbocycles. The van der Waals surface area contributed by atoms with Crippen molar-refractivity contribution < 1.29 is 9.47 Å². The van der Waals surface area contributed by atoms with Crippen LogP contribution in [0, 0.1) is 0 Å². The Labute approximate surface area is 69.2 Å². The minimum Gasteiger partial charge on any atom is -0.379 e. The molecule has 0 aliphatic heterocycles. The van der Waals surface area contributed by atoms with E-state index < -0.39 is 0 Å². The first-order valence-corrected chi connectivity index (χ1v) is 3.86. The molecule has 0 aromatic rings. The van der Waals surface area contributed by atoms with Gasteiger partial charge in [0.2, 0.25) is 0 Å². The van der Waals surface area contributed by atoms with Gasteiger partial charge in [-0.05, 0) is 20.3 Å². The average Bonchev–Trinajstić information content (AvgIpc) is 1.99. The van der Waals surface area contributed by atoms with Crippen molar-refractivity contribution in [3.8, 4) is 0 Å². The molecule has 11 heavy (non-hydrogen) atoms. The Morgan fingerprint density at radius 2 is 2.09 bits per heavy atom. The first-order chi connectivity index (χ1) is 5.12. The normalized spacial score (nSPS) is 11.5. The number of methoxy groups -OCH3 is 1. The van der Waals surface area contributed by atoms with E-state index in [1.807, 2.05) is 13.8 Å². The molecular formula is C9H18O2. The van der Waals surface area contributed by atoms with Gasteiger partial charge in [0.25, 0.3) is 0 Å². The van der Waals surface area contributed by atoms with E-state index in [1.165, 1.54) is 0 Å². The highest BCUT2D eigenvalue weighted by molar-refractivity contribution is 4.68. The quantitative estimate of drug-likeness (QED) is 0.435. The Bertz CT molecular complexity index is 108. The predicted molar refractivity (Wildman–Crippen MR) is 46.7 cm³/mol. The maximum absolute atomic E-state index is 5.22.